The van der Waals surface area contributed by atoms with E-state index in [9.17, 15) is 14.4 Å². The van der Waals surface area contributed by atoms with Gasteiger partial charge in [-0.15, -0.1) is 0 Å². The Labute approximate surface area is 144 Å². The number of carbonyl (C=O) groups is 3. The number of amides is 1. The van der Waals surface area contributed by atoms with E-state index in [0.29, 0.717) is 33.8 Å². The highest BCUT2D eigenvalue weighted by atomic mass is 16.4. The minimum absolute atomic E-state index is 0.0728. The number of ketones is 1. The van der Waals surface area contributed by atoms with Crippen molar-refractivity contribution in [1.82, 2.24) is 0 Å². The summed E-state index contributed by atoms with van der Waals surface area (Å²) in [6.45, 7) is 3.24. The zero-order chi connectivity index (χ0) is 18.1. The van der Waals surface area contributed by atoms with E-state index in [-0.39, 0.29) is 17.3 Å². The average molecular weight is 336 g/mol. The molecule has 0 radical (unpaired) electrons. The standard InChI is InChI=1S/C19H16N2O4/c1-10(20-14-6-3-12(4-7-14)19(24)25)17-15-9-13(11(2)22)5-8-16(15)21-18(17)23/h3-9,20H,1-2H3,(H,21,23)(H,24,25)/b17-10-. The van der Waals surface area contributed by atoms with Crippen LogP contribution in [0.4, 0.5) is 11.4 Å². The zero-order valence-corrected chi connectivity index (χ0v) is 13.7. The van der Waals surface area contributed by atoms with Crippen molar-refractivity contribution in [2.45, 2.75) is 13.8 Å². The minimum atomic E-state index is -0.998. The monoisotopic (exact) mass is 336 g/mol. The molecular weight excluding hydrogens is 320 g/mol. The summed E-state index contributed by atoms with van der Waals surface area (Å²) in [6, 6.07) is 11.3. The molecule has 0 saturated heterocycles. The normalized spacial score (nSPS) is 14.6. The van der Waals surface area contributed by atoms with Gasteiger partial charge in [-0.05, 0) is 56.3 Å². The number of anilines is 2. The molecule has 6 nitrogen and oxygen atoms in total. The van der Waals surface area contributed by atoms with Crippen LogP contribution in [0.5, 0.6) is 0 Å². The largest absolute Gasteiger partial charge is 0.478 e. The topological polar surface area (TPSA) is 95.5 Å². The third-order valence-electron chi connectivity index (χ3n) is 4.01. The lowest BCUT2D eigenvalue weighted by molar-refractivity contribution is -0.110. The van der Waals surface area contributed by atoms with Gasteiger partial charge in [0.15, 0.2) is 5.78 Å². The number of allylic oxidation sites excluding steroid dienone is 1. The van der Waals surface area contributed by atoms with Gasteiger partial charge in [-0.1, -0.05) is 0 Å². The molecule has 1 heterocycles. The lowest BCUT2D eigenvalue weighted by Crippen LogP contribution is -2.09. The quantitative estimate of drug-likeness (QED) is 0.587. The molecule has 3 rings (SSSR count). The van der Waals surface area contributed by atoms with Crippen molar-refractivity contribution < 1.29 is 19.5 Å². The highest BCUT2D eigenvalue weighted by Crippen LogP contribution is 2.34. The number of aromatic carboxylic acids is 1. The van der Waals surface area contributed by atoms with E-state index in [1.165, 1.54) is 19.1 Å². The first-order valence-electron chi connectivity index (χ1n) is 7.65. The Bertz CT molecular complexity index is 927. The first-order chi connectivity index (χ1) is 11.9. The van der Waals surface area contributed by atoms with Gasteiger partial charge in [0.25, 0.3) is 5.91 Å². The number of benzene rings is 2. The zero-order valence-electron chi connectivity index (χ0n) is 13.7. The second kappa shape index (κ2) is 6.24. The van der Waals surface area contributed by atoms with Crippen molar-refractivity contribution in [3.8, 4) is 0 Å². The molecule has 1 aliphatic rings. The lowest BCUT2D eigenvalue weighted by atomic mass is 10.0. The Hall–Kier alpha value is -3.41. The number of carboxylic acids is 1. The fourth-order valence-corrected chi connectivity index (χ4v) is 2.73. The number of hydrogen-bond donors (Lipinski definition) is 3. The van der Waals surface area contributed by atoms with E-state index in [4.69, 9.17) is 5.11 Å². The van der Waals surface area contributed by atoms with Crippen LogP contribution in [-0.4, -0.2) is 22.8 Å². The van der Waals surface area contributed by atoms with E-state index in [2.05, 4.69) is 10.6 Å². The Kier molecular flexibility index (Phi) is 4.10. The summed E-state index contributed by atoms with van der Waals surface area (Å²) in [5.41, 5.74) is 3.79. The minimum Gasteiger partial charge on any atom is -0.478 e. The average Bonchev–Trinajstić information content (AvgIpc) is 2.90. The lowest BCUT2D eigenvalue weighted by Gasteiger charge is -2.10. The van der Waals surface area contributed by atoms with E-state index in [0.717, 1.165) is 0 Å². The Morgan fingerprint density at radius 3 is 2.24 bits per heavy atom. The Morgan fingerprint density at radius 2 is 1.64 bits per heavy atom. The predicted molar refractivity (Wildman–Crippen MR) is 94.7 cm³/mol. The van der Waals surface area contributed by atoms with Crippen LogP contribution in [0, 0.1) is 0 Å². The van der Waals surface area contributed by atoms with Gasteiger partial charge in [0.1, 0.15) is 0 Å². The molecule has 0 aromatic heterocycles. The van der Waals surface area contributed by atoms with E-state index in [1.54, 1.807) is 37.3 Å². The number of hydrogen-bond acceptors (Lipinski definition) is 4. The van der Waals surface area contributed by atoms with Gasteiger partial charge in [0.05, 0.1) is 11.1 Å². The van der Waals surface area contributed by atoms with Crippen molar-refractivity contribution >= 4 is 34.6 Å². The van der Waals surface area contributed by atoms with Gasteiger partial charge in [0.2, 0.25) is 0 Å². The smallest absolute Gasteiger partial charge is 0.335 e. The summed E-state index contributed by atoms with van der Waals surface area (Å²) >= 11 is 0. The molecule has 3 N–H and O–H groups in total. The molecule has 6 heteroatoms. The van der Waals surface area contributed by atoms with E-state index >= 15 is 0 Å². The fraction of sp³-hybridized carbons (Fsp3) is 0.105. The summed E-state index contributed by atoms with van der Waals surface area (Å²) in [5.74, 6) is -1.32. The molecule has 25 heavy (non-hydrogen) atoms. The molecule has 2 aromatic rings. The second-order valence-corrected chi connectivity index (χ2v) is 5.78. The SMILES string of the molecule is CC(=O)c1ccc2c(c1)/C(=C(\C)Nc1ccc(C(=O)O)cc1)C(=O)N2. The molecular formula is C19H16N2O4. The summed E-state index contributed by atoms with van der Waals surface area (Å²) in [6.07, 6.45) is 0. The van der Waals surface area contributed by atoms with Crippen LogP contribution >= 0.6 is 0 Å². The first kappa shape index (κ1) is 16.4. The van der Waals surface area contributed by atoms with Crippen molar-refractivity contribution in [2.75, 3.05) is 10.6 Å². The summed E-state index contributed by atoms with van der Waals surface area (Å²) in [7, 11) is 0. The van der Waals surface area contributed by atoms with Gasteiger partial charge < -0.3 is 15.7 Å². The summed E-state index contributed by atoms with van der Waals surface area (Å²) in [5, 5.41) is 14.8. The molecule has 0 aliphatic carbocycles. The maximum Gasteiger partial charge on any atom is 0.335 e. The number of carboxylic acid groups (broad SMARTS) is 1. The third-order valence-corrected chi connectivity index (χ3v) is 4.01. The van der Waals surface area contributed by atoms with Crippen molar-refractivity contribution in [3.05, 3.63) is 64.9 Å². The van der Waals surface area contributed by atoms with Crippen molar-refractivity contribution in [3.63, 3.8) is 0 Å². The van der Waals surface area contributed by atoms with Crippen LogP contribution in [-0.2, 0) is 4.79 Å². The van der Waals surface area contributed by atoms with Crippen LogP contribution in [0.2, 0.25) is 0 Å². The Morgan fingerprint density at radius 1 is 1.00 bits per heavy atom. The van der Waals surface area contributed by atoms with Crippen LogP contribution in [0.25, 0.3) is 5.57 Å². The summed E-state index contributed by atoms with van der Waals surface area (Å²) < 4.78 is 0. The number of fused-ring (bicyclic) bond motifs is 1. The van der Waals surface area contributed by atoms with Crippen LogP contribution in [0.1, 0.15) is 40.1 Å². The molecule has 0 saturated carbocycles. The maximum atomic E-state index is 12.3. The van der Waals surface area contributed by atoms with E-state index < -0.39 is 5.97 Å². The summed E-state index contributed by atoms with van der Waals surface area (Å²) in [4.78, 5) is 34.8. The second-order valence-electron chi connectivity index (χ2n) is 5.78. The third kappa shape index (κ3) is 3.14. The molecule has 2 aromatic carbocycles. The first-order valence-corrected chi connectivity index (χ1v) is 7.65. The van der Waals surface area contributed by atoms with Gasteiger partial charge in [-0.2, -0.15) is 0 Å². The van der Waals surface area contributed by atoms with Crippen molar-refractivity contribution in [2.24, 2.45) is 0 Å². The molecule has 0 atom stereocenters. The molecule has 0 unspecified atom stereocenters. The van der Waals surface area contributed by atoms with Gasteiger partial charge in [-0.25, -0.2) is 4.79 Å². The van der Waals surface area contributed by atoms with Crippen molar-refractivity contribution in [1.29, 1.82) is 0 Å². The fourth-order valence-electron chi connectivity index (χ4n) is 2.73. The molecule has 126 valence electrons. The maximum absolute atomic E-state index is 12.3. The highest BCUT2D eigenvalue weighted by Gasteiger charge is 2.27. The molecule has 0 spiro atoms. The van der Waals surface area contributed by atoms with Crippen LogP contribution < -0.4 is 10.6 Å². The number of carbonyl (C=O) groups excluding carboxylic acids is 2. The van der Waals surface area contributed by atoms with Gasteiger partial charge >= 0.3 is 5.97 Å². The predicted octanol–water partition coefficient (Wildman–Crippen LogP) is 3.38. The van der Waals surface area contributed by atoms with Crippen LogP contribution in [0.3, 0.4) is 0 Å². The molecule has 1 amide bonds. The number of Topliss-reactive ketones (excluding diaryl/α,β-unsaturated/α-hetero) is 1. The van der Waals surface area contributed by atoms with Crippen LogP contribution in [0.15, 0.2) is 48.2 Å². The highest BCUT2D eigenvalue weighted by molar-refractivity contribution is 6.32. The van der Waals surface area contributed by atoms with Gasteiger partial charge in [-0.3, -0.25) is 9.59 Å². The van der Waals surface area contributed by atoms with E-state index in [1.807, 2.05) is 0 Å². The number of nitrogens with one attached hydrogen (secondary N) is 2. The molecule has 1 aliphatic heterocycles. The van der Waals surface area contributed by atoms with Gasteiger partial charge in [0, 0.05) is 28.2 Å². The molecule has 0 fully saturated rings. The number of rotatable bonds is 4. The molecule has 0 bridgehead atoms. The Balaban J connectivity index is 1.97.